The molecule has 1 saturated heterocycles. The van der Waals surface area contributed by atoms with Gasteiger partial charge in [-0.3, -0.25) is 4.79 Å². The average Bonchev–Trinajstić information content (AvgIpc) is 2.70. The Kier molecular flexibility index (Phi) is 4.45. The van der Waals surface area contributed by atoms with E-state index in [9.17, 15) is 4.79 Å². The number of rotatable bonds is 3. The van der Waals surface area contributed by atoms with Crippen molar-refractivity contribution in [2.75, 3.05) is 6.54 Å². The van der Waals surface area contributed by atoms with Crippen LogP contribution >= 0.6 is 27.3 Å². The van der Waals surface area contributed by atoms with Crippen molar-refractivity contribution >= 4 is 33.2 Å². The third kappa shape index (κ3) is 2.78. The molecule has 2 atom stereocenters. The van der Waals surface area contributed by atoms with E-state index in [2.05, 4.69) is 29.8 Å². The molecule has 0 bridgehead atoms. The summed E-state index contributed by atoms with van der Waals surface area (Å²) in [5.41, 5.74) is 6.26. The number of amides is 1. The van der Waals surface area contributed by atoms with Gasteiger partial charge in [0, 0.05) is 28.4 Å². The van der Waals surface area contributed by atoms with E-state index < -0.39 is 0 Å². The first kappa shape index (κ1) is 14.0. The number of piperidine rings is 1. The Balaban J connectivity index is 2.32. The molecule has 2 unspecified atom stereocenters. The van der Waals surface area contributed by atoms with Gasteiger partial charge in [-0.1, -0.05) is 13.8 Å². The highest BCUT2D eigenvalue weighted by Gasteiger charge is 2.36. The molecule has 3 nitrogen and oxygen atoms in total. The first-order valence-electron chi connectivity index (χ1n) is 6.28. The van der Waals surface area contributed by atoms with Gasteiger partial charge < -0.3 is 10.6 Å². The summed E-state index contributed by atoms with van der Waals surface area (Å²) in [6.45, 7) is 5.05. The van der Waals surface area contributed by atoms with E-state index in [0.29, 0.717) is 12.3 Å². The highest BCUT2D eigenvalue weighted by Crippen LogP contribution is 2.38. The van der Waals surface area contributed by atoms with Crippen molar-refractivity contribution in [3.8, 4) is 0 Å². The van der Waals surface area contributed by atoms with Crippen LogP contribution in [0.4, 0.5) is 0 Å². The smallest absolute Gasteiger partial charge is 0.223 e. The molecule has 1 aromatic rings. The van der Waals surface area contributed by atoms with Gasteiger partial charge in [0.05, 0.1) is 6.04 Å². The molecule has 0 spiro atoms. The maximum Gasteiger partial charge on any atom is 0.223 e. The van der Waals surface area contributed by atoms with E-state index in [1.54, 1.807) is 11.3 Å². The molecule has 100 valence electrons. The molecule has 2 rings (SSSR count). The standard InChI is InChI=1S/C13H19BrN2OS/c1-8(2)7-16-11(17)4-3-10(15)12(16)13-9(14)5-6-18-13/h5-6,8,10,12H,3-4,7,15H2,1-2H3. The molecular formula is C13H19BrN2OS. The summed E-state index contributed by atoms with van der Waals surface area (Å²) in [7, 11) is 0. The van der Waals surface area contributed by atoms with Gasteiger partial charge in [-0.2, -0.15) is 0 Å². The molecule has 0 aliphatic carbocycles. The first-order valence-corrected chi connectivity index (χ1v) is 7.96. The van der Waals surface area contributed by atoms with Crippen LogP contribution in [0, 0.1) is 5.92 Å². The fourth-order valence-corrected chi connectivity index (χ4v) is 4.23. The van der Waals surface area contributed by atoms with E-state index in [1.807, 2.05) is 16.3 Å². The molecule has 1 aliphatic heterocycles. The van der Waals surface area contributed by atoms with Gasteiger partial charge in [0.15, 0.2) is 0 Å². The fraction of sp³-hybridized carbons (Fsp3) is 0.615. The summed E-state index contributed by atoms with van der Waals surface area (Å²) in [4.78, 5) is 15.3. The van der Waals surface area contributed by atoms with Crippen LogP contribution in [-0.2, 0) is 4.79 Å². The normalized spacial score (nSPS) is 24.9. The van der Waals surface area contributed by atoms with E-state index in [4.69, 9.17) is 5.73 Å². The van der Waals surface area contributed by atoms with Crippen LogP contribution < -0.4 is 5.73 Å². The Bertz CT molecular complexity index is 432. The van der Waals surface area contributed by atoms with Gasteiger partial charge in [-0.05, 0) is 39.7 Å². The lowest BCUT2D eigenvalue weighted by Gasteiger charge is -2.40. The molecule has 2 N–H and O–H groups in total. The van der Waals surface area contributed by atoms with Crippen LogP contribution in [0.15, 0.2) is 15.9 Å². The monoisotopic (exact) mass is 330 g/mol. The quantitative estimate of drug-likeness (QED) is 0.925. The number of thiophene rings is 1. The third-order valence-electron chi connectivity index (χ3n) is 3.23. The number of hydrogen-bond acceptors (Lipinski definition) is 3. The first-order chi connectivity index (χ1) is 8.50. The molecule has 1 aliphatic rings. The van der Waals surface area contributed by atoms with Crippen molar-refractivity contribution in [3.63, 3.8) is 0 Å². The molecule has 0 saturated carbocycles. The summed E-state index contributed by atoms with van der Waals surface area (Å²) in [6.07, 6.45) is 1.36. The molecule has 18 heavy (non-hydrogen) atoms. The Morgan fingerprint density at radius 2 is 2.33 bits per heavy atom. The second-order valence-electron chi connectivity index (χ2n) is 5.22. The number of halogens is 1. The third-order valence-corrected chi connectivity index (χ3v) is 5.17. The molecule has 1 fully saturated rings. The van der Waals surface area contributed by atoms with Crippen LogP contribution in [0.5, 0.6) is 0 Å². The Hall–Kier alpha value is -0.390. The zero-order chi connectivity index (χ0) is 13.3. The SMILES string of the molecule is CC(C)CN1C(=O)CCC(N)C1c1sccc1Br. The zero-order valence-electron chi connectivity index (χ0n) is 10.7. The highest BCUT2D eigenvalue weighted by atomic mass is 79.9. The number of nitrogens with two attached hydrogens (primary N) is 1. The van der Waals surface area contributed by atoms with E-state index in [1.165, 1.54) is 4.88 Å². The zero-order valence-corrected chi connectivity index (χ0v) is 13.1. The maximum atomic E-state index is 12.2. The van der Waals surface area contributed by atoms with Gasteiger partial charge >= 0.3 is 0 Å². The molecule has 2 heterocycles. The van der Waals surface area contributed by atoms with Crippen LogP contribution in [-0.4, -0.2) is 23.4 Å². The molecular weight excluding hydrogens is 312 g/mol. The van der Waals surface area contributed by atoms with Gasteiger partial charge in [0.2, 0.25) is 5.91 Å². The minimum Gasteiger partial charge on any atom is -0.333 e. The van der Waals surface area contributed by atoms with Crippen LogP contribution in [0.25, 0.3) is 0 Å². The lowest BCUT2D eigenvalue weighted by molar-refractivity contribution is -0.138. The lowest BCUT2D eigenvalue weighted by atomic mass is 9.94. The maximum absolute atomic E-state index is 12.2. The topological polar surface area (TPSA) is 46.3 Å². The second kappa shape index (κ2) is 5.72. The Morgan fingerprint density at radius 1 is 1.61 bits per heavy atom. The number of nitrogens with zero attached hydrogens (tertiary/aromatic N) is 1. The van der Waals surface area contributed by atoms with Crippen LogP contribution in [0.1, 0.15) is 37.6 Å². The van der Waals surface area contributed by atoms with Crippen molar-refractivity contribution in [3.05, 3.63) is 20.8 Å². The number of likely N-dealkylation sites (tertiary alicyclic amines) is 1. The molecule has 0 radical (unpaired) electrons. The van der Waals surface area contributed by atoms with Gasteiger partial charge in [-0.25, -0.2) is 0 Å². The van der Waals surface area contributed by atoms with Gasteiger partial charge in [0.25, 0.3) is 0 Å². The molecule has 5 heteroatoms. The van der Waals surface area contributed by atoms with E-state index >= 15 is 0 Å². The van der Waals surface area contributed by atoms with Crippen molar-refractivity contribution in [2.45, 2.75) is 38.8 Å². The average molecular weight is 331 g/mol. The summed E-state index contributed by atoms with van der Waals surface area (Å²) in [5.74, 6) is 0.691. The van der Waals surface area contributed by atoms with Crippen molar-refractivity contribution in [2.24, 2.45) is 11.7 Å². The number of carbonyl (C=O) groups excluding carboxylic acids is 1. The minimum absolute atomic E-state index is 0.0306. The summed E-state index contributed by atoms with van der Waals surface area (Å²) in [5, 5.41) is 2.04. The summed E-state index contributed by atoms with van der Waals surface area (Å²) in [6, 6.07) is 2.10. The predicted molar refractivity (Wildman–Crippen MR) is 78.5 cm³/mol. The number of carbonyl (C=O) groups is 1. The van der Waals surface area contributed by atoms with Gasteiger partial charge in [0.1, 0.15) is 0 Å². The fourth-order valence-electron chi connectivity index (χ4n) is 2.44. The van der Waals surface area contributed by atoms with E-state index in [0.717, 1.165) is 17.4 Å². The summed E-state index contributed by atoms with van der Waals surface area (Å²) < 4.78 is 1.07. The highest BCUT2D eigenvalue weighted by molar-refractivity contribution is 9.10. The largest absolute Gasteiger partial charge is 0.333 e. The molecule has 1 aromatic heterocycles. The molecule has 0 aromatic carbocycles. The van der Waals surface area contributed by atoms with Crippen molar-refractivity contribution in [1.29, 1.82) is 0 Å². The van der Waals surface area contributed by atoms with Crippen molar-refractivity contribution in [1.82, 2.24) is 4.90 Å². The number of hydrogen-bond donors (Lipinski definition) is 1. The van der Waals surface area contributed by atoms with E-state index in [-0.39, 0.29) is 18.0 Å². The molecule has 1 amide bonds. The Labute approximate surface area is 120 Å². The van der Waals surface area contributed by atoms with Crippen LogP contribution in [0.2, 0.25) is 0 Å². The minimum atomic E-state index is 0.0306. The van der Waals surface area contributed by atoms with Crippen LogP contribution in [0.3, 0.4) is 0 Å². The second-order valence-corrected chi connectivity index (χ2v) is 7.02. The van der Waals surface area contributed by atoms with Gasteiger partial charge in [-0.15, -0.1) is 11.3 Å². The predicted octanol–water partition coefficient (Wildman–Crippen LogP) is 3.16. The van der Waals surface area contributed by atoms with Crippen molar-refractivity contribution < 1.29 is 4.79 Å². The summed E-state index contributed by atoms with van der Waals surface area (Å²) >= 11 is 5.23. The Morgan fingerprint density at radius 3 is 2.89 bits per heavy atom. The lowest BCUT2D eigenvalue weighted by Crippen LogP contribution is -2.49.